The van der Waals surface area contributed by atoms with Crippen LogP contribution in [0.2, 0.25) is 0 Å². The first-order valence-electron chi connectivity index (χ1n) is 4.30. The predicted molar refractivity (Wildman–Crippen MR) is 59.6 cm³/mol. The highest BCUT2D eigenvalue weighted by molar-refractivity contribution is 14.1. The van der Waals surface area contributed by atoms with Crippen molar-refractivity contribution >= 4 is 22.6 Å². The zero-order valence-electron chi connectivity index (χ0n) is 7.41. The second-order valence-corrected chi connectivity index (χ2v) is 4.32. The van der Waals surface area contributed by atoms with Gasteiger partial charge in [-0.1, -0.05) is 41.7 Å². The third-order valence-corrected chi connectivity index (χ3v) is 3.07. The van der Waals surface area contributed by atoms with Crippen molar-refractivity contribution in [2.45, 2.75) is 36.2 Å². The van der Waals surface area contributed by atoms with Crippen LogP contribution < -0.4 is 0 Å². The van der Waals surface area contributed by atoms with Crippen LogP contribution in [0.25, 0.3) is 0 Å². The molecule has 0 spiro atoms. The molecule has 0 aromatic carbocycles. The van der Waals surface area contributed by atoms with Crippen LogP contribution >= 0.6 is 22.6 Å². The van der Waals surface area contributed by atoms with E-state index in [9.17, 15) is 5.11 Å². The number of aliphatic hydroxyl groups excluding tert-OH is 2. The molecule has 2 N–H and O–H groups in total. The van der Waals surface area contributed by atoms with Gasteiger partial charge in [0.15, 0.2) is 0 Å². The van der Waals surface area contributed by atoms with Gasteiger partial charge in [0, 0.05) is 3.92 Å². The molecule has 0 fully saturated rings. The third-order valence-electron chi connectivity index (χ3n) is 1.62. The van der Waals surface area contributed by atoms with E-state index in [4.69, 9.17) is 5.11 Å². The van der Waals surface area contributed by atoms with Gasteiger partial charge < -0.3 is 10.2 Å². The molecule has 0 aromatic rings. The van der Waals surface area contributed by atoms with Crippen LogP contribution in [0, 0.1) is 0 Å². The van der Waals surface area contributed by atoms with Crippen molar-refractivity contribution in [1.29, 1.82) is 0 Å². The van der Waals surface area contributed by atoms with Crippen molar-refractivity contribution in [3.63, 3.8) is 0 Å². The number of halogens is 1. The van der Waals surface area contributed by atoms with Gasteiger partial charge in [-0.15, -0.1) is 0 Å². The molecule has 0 rings (SSSR count). The molecule has 0 saturated heterocycles. The van der Waals surface area contributed by atoms with Gasteiger partial charge in [0.05, 0.1) is 12.7 Å². The predicted octanol–water partition coefficient (Wildman–Crippen LogP) is 1.89. The summed E-state index contributed by atoms with van der Waals surface area (Å²) in [5.41, 5.74) is 0. The Hall–Kier alpha value is 0.390. The minimum absolute atomic E-state index is 0.134. The summed E-state index contributed by atoms with van der Waals surface area (Å²) >= 11 is 2.18. The Bertz CT molecular complexity index is 126. The minimum Gasteiger partial charge on any atom is -0.394 e. The summed E-state index contributed by atoms with van der Waals surface area (Å²) in [6.45, 7) is 1.96. The van der Waals surface area contributed by atoms with Crippen molar-refractivity contribution in [3.05, 3.63) is 12.2 Å². The van der Waals surface area contributed by atoms with Crippen LogP contribution in [0.5, 0.6) is 0 Å². The number of hydrogen-bond acceptors (Lipinski definition) is 2. The number of aliphatic hydroxyl groups is 2. The van der Waals surface area contributed by atoms with Crippen molar-refractivity contribution in [3.8, 4) is 0 Å². The molecule has 0 heterocycles. The molecule has 0 aliphatic carbocycles. The molecule has 2 atom stereocenters. The lowest BCUT2D eigenvalue weighted by atomic mass is 10.1. The smallest absolute Gasteiger partial charge is 0.0888 e. The molecule has 0 radical (unpaired) electrons. The standard InChI is InChI=1S/C9H17IO2/c1-2-3-4-5-6-8(10)9(12)7-11/h3-4,8-9,11-12H,2,5-7H2,1H3/b4-3-/t8-,9+/m1/s1. The second kappa shape index (κ2) is 8.01. The molecule has 12 heavy (non-hydrogen) atoms. The highest BCUT2D eigenvalue weighted by atomic mass is 127. The molecule has 72 valence electrons. The van der Waals surface area contributed by atoms with Crippen LogP contribution in [0.4, 0.5) is 0 Å². The summed E-state index contributed by atoms with van der Waals surface area (Å²) in [5.74, 6) is 0. The number of rotatable bonds is 6. The minimum atomic E-state index is -0.569. The molecular formula is C9H17IO2. The van der Waals surface area contributed by atoms with Gasteiger partial charge in [0.1, 0.15) is 0 Å². The Morgan fingerprint density at radius 3 is 2.58 bits per heavy atom. The lowest BCUT2D eigenvalue weighted by molar-refractivity contribution is 0.0950. The lowest BCUT2D eigenvalue weighted by Crippen LogP contribution is -2.23. The van der Waals surface area contributed by atoms with Crippen LogP contribution in [0.3, 0.4) is 0 Å². The van der Waals surface area contributed by atoms with Crippen LogP contribution in [0.1, 0.15) is 26.2 Å². The second-order valence-electron chi connectivity index (χ2n) is 2.72. The molecule has 0 amide bonds. The van der Waals surface area contributed by atoms with Crippen molar-refractivity contribution in [2.24, 2.45) is 0 Å². The van der Waals surface area contributed by atoms with E-state index in [1.807, 2.05) is 0 Å². The molecule has 3 heteroatoms. The van der Waals surface area contributed by atoms with Gasteiger partial charge in [-0.05, 0) is 19.3 Å². The average Bonchev–Trinajstić information content (AvgIpc) is 2.10. The zero-order valence-corrected chi connectivity index (χ0v) is 9.57. The summed E-state index contributed by atoms with van der Waals surface area (Å²) in [6.07, 6.45) is 6.65. The van der Waals surface area contributed by atoms with E-state index in [0.29, 0.717) is 0 Å². The number of allylic oxidation sites excluding steroid dienone is 2. The van der Waals surface area contributed by atoms with Crippen LogP contribution in [-0.2, 0) is 0 Å². The summed E-state index contributed by atoms with van der Waals surface area (Å²) in [5, 5.41) is 17.8. The Kier molecular flexibility index (Phi) is 8.27. The fraction of sp³-hybridized carbons (Fsp3) is 0.778. The molecular weight excluding hydrogens is 267 g/mol. The Morgan fingerprint density at radius 2 is 2.08 bits per heavy atom. The Morgan fingerprint density at radius 1 is 1.42 bits per heavy atom. The normalized spacial score (nSPS) is 16.7. The fourth-order valence-corrected chi connectivity index (χ4v) is 1.43. The maximum atomic E-state index is 9.20. The van der Waals surface area contributed by atoms with Gasteiger partial charge in [0.25, 0.3) is 0 Å². The summed E-state index contributed by atoms with van der Waals surface area (Å²) in [6, 6.07) is 0. The third kappa shape index (κ3) is 5.97. The van der Waals surface area contributed by atoms with E-state index < -0.39 is 6.10 Å². The van der Waals surface area contributed by atoms with E-state index in [1.165, 1.54) is 0 Å². The van der Waals surface area contributed by atoms with Crippen molar-refractivity contribution in [1.82, 2.24) is 0 Å². The summed E-state index contributed by atoms with van der Waals surface area (Å²) in [4.78, 5) is 0. The number of hydrogen-bond donors (Lipinski definition) is 2. The van der Waals surface area contributed by atoms with E-state index in [2.05, 4.69) is 41.7 Å². The van der Waals surface area contributed by atoms with E-state index in [-0.39, 0.29) is 10.5 Å². The van der Waals surface area contributed by atoms with E-state index in [1.54, 1.807) is 0 Å². The highest BCUT2D eigenvalue weighted by Gasteiger charge is 2.12. The molecule has 0 unspecified atom stereocenters. The monoisotopic (exact) mass is 284 g/mol. The molecule has 0 aromatic heterocycles. The molecule has 0 aliphatic heterocycles. The van der Waals surface area contributed by atoms with E-state index >= 15 is 0 Å². The Labute approximate surface area is 87.8 Å². The van der Waals surface area contributed by atoms with Gasteiger partial charge in [-0.3, -0.25) is 0 Å². The summed E-state index contributed by atoms with van der Waals surface area (Å²) in [7, 11) is 0. The highest BCUT2D eigenvalue weighted by Crippen LogP contribution is 2.13. The molecule has 0 saturated carbocycles. The zero-order chi connectivity index (χ0) is 9.40. The number of alkyl halides is 1. The first kappa shape index (κ1) is 12.4. The lowest BCUT2D eigenvalue weighted by Gasteiger charge is -2.13. The van der Waals surface area contributed by atoms with Gasteiger partial charge in [-0.2, -0.15) is 0 Å². The van der Waals surface area contributed by atoms with Crippen molar-refractivity contribution < 1.29 is 10.2 Å². The maximum absolute atomic E-state index is 9.20. The van der Waals surface area contributed by atoms with E-state index in [0.717, 1.165) is 19.3 Å². The fourth-order valence-electron chi connectivity index (χ4n) is 0.847. The van der Waals surface area contributed by atoms with Gasteiger partial charge in [0.2, 0.25) is 0 Å². The topological polar surface area (TPSA) is 40.5 Å². The van der Waals surface area contributed by atoms with Gasteiger partial charge >= 0.3 is 0 Å². The first-order valence-corrected chi connectivity index (χ1v) is 5.55. The first-order chi connectivity index (χ1) is 5.72. The largest absolute Gasteiger partial charge is 0.394 e. The molecule has 0 aliphatic rings. The maximum Gasteiger partial charge on any atom is 0.0888 e. The SMILES string of the molecule is CC/C=C\CC[C@@H](I)[C@@H](O)CO. The van der Waals surface area contributed by atoms with Crippen LogP contribution in [-0.4, -0.2) is 26.8 Å². The quantitative estimate of drug-likeness (QED) is 0.444. The molecule has 0 bridgehead atoms. The van der Waals surface area contributed by atoms with Crippen molar-refractivity contribution in [2.75, 3.05) is 6.61 Å². The Balaban J connectivity index is 3.43. The van der Waals surface area contributed by atoms with Crippen LogP contribution in [0.15, 0.2) is 12.2 Å². The average molecular weight is 284 g/mol. The molecule has 2 nitrogen and oxygen atoms in total. The van der Waals surface area contributed by atoms with Gasteiger partial charge in [-0.25, -0.2) is 0 Å². The summed E-state index contributed by atoms with van der Waals surface area (Å²) < 4.78 is 0.161.